The van der Waals surface area contributed by atoms with E-state index in [1.54, 1.807) is 13.2 Å². The number of ether oxygens (including phenoxy) is 1. The standard InChI is InChI=1S/C21H27N3O4/c1-3-12-8-9-23(11-16(12)22)17-7-6-14-18(20(17)28-2)24(13-4-5-13)10-15(19(14)25)21(26)27/h6-7,10,12-13,16H,3-5,8-9,11,22H2,1-2H3,(H,26,27). The van der Waals surface area contributed by atoms with Crippen LogP contribution in [-0.2, 0) is 0 Å². The number of carboxylic acids is 1. The van der Waals surface area contributed by atoms with Crippen molar-refractivity contribution < 1.29 is 14.6 Å². The molecule has 1 aliphatic heterocycles. The number of methoxy groups -OCH3 is 1. The number of pyridine rings is 1. The summed E-state index contributed by atoms with van der Waals surface area (Å²) < 4.78 is 7.70. The molecule has 7 nitrogen and oxygen atoms in total. The van der Waals surface area contributed by atoms with E-state index in [-0.39, 0.29) is 17.6 Å². The van der Waals surface area contributed by atoms with E-state index in [1.165, 1.54) is 6.20 Å². The molecule has 2 aliphatic rings. The number of nitrogens with two attached hydrogens (primary N) is 1. The van der Waals surface area contributed by atoms with Gasteiger partial charge in [-0.15, -0.1) is 0 Å². The second-order valence-corrected chi connectivity index (χ2v) is 7.90. The number of carboxylic acid groups (broad SMARTS) is 1. The second kappa shape index (κ2) is 7.13. The predicted octanol–water partition coefficient (Wildman–Crippen LogP) is 2.61. The van der Waals surface area contributed by atoms with E-state index in [9.17, 15) is 14.7 Å². The maximum atomic E-state index is 12.8. The number of anilines is 1. The van der Waals surface area contributed by atoms with Crippen molar-refractivity contribution in [3.63, 3.8) is 0 Å². The van der Waals surface area contributed by atoms with Crippen LogP contribution in [0.15, 0.2) is 23.1 Å². The van der Waals surface area contributed by atoms with Crippen molar-refractivity contribution in [1.82, 2.24) is 4.57 Å². The number of piperidine rings is 1. The molecule has 150 valence electrons. The maximum absolute atomic E-state index is 12.8. The largest absolute Gasteiger partial charge is 0.492 e. The van der Waals surface area contributed by atoms with Gasteiger partial charge in [0.05, 0.1) is 23.7 Å². The van der Waals surface area contributed by atoms with E-state index in [1.807, 2.05) is 10.6 Å². The van der Waals surface area contributed by atoms with Crippen molar-refractivity contribution in [1.29, 1.82) is 0 Å². The summed E-state index contributed by atoms with van der Waals surface area (Å²) in [5, 5.41) is 9.84. The van der Waals surface area contributed by atoms with E-state index in [0.29, 0.717) is 22.6 Å². The summed E-state index contributed by atoms with van der Waals surface area (Å²) in [4.78, 5) is 26.6. The third-order valence-electron chi connectivity index (χ3n) is 6.17. The number of benzene rings is 1. The van der Waals surface area contributed by atoms with Crippen LogP contribution in [0.2, 0.25) is 0 Å². The average Bonchev–Trinajstić information content (AvgIpc) is 3.52. The van der Waals surface area contributed by atoms with Crippen molar-refractivity contribution in [3.8, 4) is 5.75 Å². The summed E-state index contributed by atoms with van der Waals surface area (Å²) >= 11 is 0. The lowest BCUT2D eigenvalue weighted by molar-refractivity contribution is 0.0695. The molecule has 1 saturated heterocycles. The van der Waals surface area contributed by atoms with Gasteiger partial charge in [0, 0.05) is 31.4 Å². The molecule has 28 heavy (non-hydrogen) atoms. The molecule has 4 rings (SSSR count). The normalized spacial score (nSPS) is 22.5. The Kier molecular flexibility index (Phi) is 4.79. The van der Waals surface area contributed by atoms with Gasteiger partial charge in [0.15, 0.2) is 5.75 Å². The molecule has 3 N–H and O–H groups in total. The van der Waals surface area contributed by atoms with Crippen LogP contribution in [0.5, 0.6) is 5.75 Å². The maximum Gasteiger partial charge on any atom is 0.341 e. The summed E-state index contributed by atoms with van der Waals surface area (Å²) in [7, 11) is 1.60. The molecule has 0 spiro atoms. The van der Waals surface area contributed by atoms with Crippen LogP contribution in [0.1, 0.15) is 49.0 Å². The Balaban J connectivity index is 1.89. The molecule has 2 fully saturated rings. The number of aromatic carboxylic acids is 1. The van der Waals surface area contributed by atoms with Crippen LogP contribution in [0.3, 0.4) is 0 Å². The zero-order valence-corrected chi connectivity index (χ0v) is 16.4. The highest BCUT2D eigenvalue weighted by Crippen LogP contribution is 2.43. The third kappa shape index (κ3) is 3.03. The molecule has 1 aromatic carbocycles. The molecule has 1 saturated carbocycles. The molecule has 0 radical (unpaired) electrons. The highest BCUT2D eigenvalue weighted by atomic mass is 16.5. The summed E-state index contributed by atoms with van der Waals surface area (Å²) in [5.41, 5.74) is 7.32. The fourth-order valence-electron chi connectivity index (χ4n) is 4.41. The molecular weight excluding hydrogens is 358 g/mol. The second-order valence-electron chi connectivity index (χ2n) is 7.90. The molecule has 0 bridgehead atoms. The summed E-state index contributed by atoms with van der Waals surface area (Å²) in [5.74, 6) is -0.0528. The summed E-state index contributed by atoms with van der Waals surface area (Å²) in [6, 6.07) is 3.90. The Labute approximate surface area is 163 Å². The van der Waals surface area contributed by atoms with Crippen molar-refractivity contribution in [2.75, 3.05) is 25.1 Å². The lowest BCUT2D eigenvalue weighted by Crippen LogP contribution is -2.48. The highest BCUT2D eigenvalue weighted by Gasteiger charge is 2.31. The first-order valence-electron chi connectivity index (χ1n) is 9.95. The molecule has 2 aromatic rings. The topological polar surface area (TPSA) is 97.8 Å². The van der Waals surface area contributed by atoms with Crippen molar-refractivity contribution in [2.45, 2.75) is 44.7 Å². The molecule has 2 unspecified atom stereocenters. The van der Waals surface area contributed by atoms with Crippen LogP contribution >= 0.6 is 0 Å². The average molecular weight is 385 g/mol. The Hall–Kier alpha value is -2.54. The van der Waals surface area contributed by atoms with Crippen molar-refractivity contribution >= 4 is 22.6 Å². The van der Waals surface area contributed by atoms with Gasteiger partial charge in [0.25, 0.3) is 0 Å². The SMILES string of the molecule is CCC1CCN(c2ccc3c(=O)c(C(=O)O)cn(C4CC4)c3c2OC)CC1N. The van der Waals surface area contributed by atoms with Gasteiger partial charge in [-0.05, 0) is 37.3 Å². The van der Waals surface area contributed by atoms with Gasteiger partial charge < -0.3 is 25.0 Å². The lowest BCUT2D eigenvalue weighted by atomic mass is 9.89. The Bertz CT molecular complexity index is 980. The van der Waals surface area contributed by atoms with Crippen LogP contribution in [0.4, 0.5) is 5.69 Å². The number of hydrogen-bond donors (Lipinski definition) is 2. The van der Waals surface area contributed by atoms with Gasteiger partial charge in [-0.2, -0.15) is 0 Å². The molecule has 1 aliphatic carbocycles. The van der Waals surface area contributed by atoms with Gasteiger partial charge in [0.2, 0.25) is 5.43 Å². The number of rotatable bonds is 5. The first-order valence-corrected chi connectivity index (χ1v) is 9.95. The minimum absolute atomic E-state index is 0.0964. The van der Waals surface area contributed by atoms with Crippen LogP contribution in [0, 0.1) is 5.92 Å². The Morgan fingerprint density at radius 2 is 2.07 bits per heavy atom. The third-order valence-corrected chi connectivity index (χ3v) is 6.17. The lowest BCUT2D eigenvalue weighted by Gasteiger charge is -2.38. The van der Waals surface area contributed by atoms with Crippen LogP contribution in [-0.4, -0.2) is 41.9 Å². The van der Waals surface area contributed by atoms with Crippen LogP contribution < -0.4 is 20.8 Å². The Morgan fingerprint density at radius 3 is 2.64 bits per heavy atom. The van der Waals surface area contributed by atoms with E-state index in [4.69, 9.17) is 10.5 Å². The van der Waals surface area contributed by atoms with E-state index >= 15 is 0 Å². The highest BCUT2D eigenvalue weighted by molar-refractivity contribution is 5.97. The van der Waals surface area contributed by atoms with E-state index in [2.05, 4.69) is 11.8 Å². The van der Waals surface area contributed by atoms with Gasteiger partial charge in [-0.1, -0.05) is 13.3 Å². The van der Waals surface area contributed by atoms with Crippen molar-refractivity contribution in [3.05, 3.63) is 34.1 Å². The molecule has 2 atom stereocenters. The monoisotopic (exact) mass is 385 g/mol. The predicted molar refractivity (Wildman–Crippen MR) is 109 cm³/mol. The minimum Gasteiger partial charge on any atom is -0.492 e. The van der Waals surface area contributed by atoms with Crippen LogP contribution in [0.25, 0.3) is 10.9 Å². The quantitative estimate of drug-likeness (QED) is 0.821. The summed E-state index contributed by atoms with van der Waals surface area (Å²) in [6.45, 7) is 3.79. The van der Waals surface area contributed by atoms with Gasteiger partial charge >= 0.3 is 5.97 Å². The fraction of sp³-hybridized carbons (Fsp3) is 0.524. The molecule has 1 aromatic heterocycles. The van der Waals surface area contributed by atoms with Gasteiger partial charge in [0.1, 0.15) is 5.56 Å². The van der Waals surface area contributed by atoms with Crippen molar-refractivity contribution in [2.24, 2.45) is 11.7 Å². The fourth-order valence-corrected chi connectivity index (χ4v) is 4.41. The van der Waals surface area contributed by atoms with Gasteiger partial charge in [-0.25, -0.2) is 4.79 Å². The van der Waals surface area contributed by atoms with Gasteiger partial charge in [-0.3, -0.25) is 4.79 Å². The zero-order valence-electron chi connectivity index (χ0n) is 16.4. The summed E-state index contributed by atoms with van der Waals surface area (Å²) in [6.07, 6.45) is 5.51. The smallest absolute Gasteiger partial charge is 0.341 e. The van der Waals surface area contributed by atoms with E-state index in [0.717, 1.165) is 44.5 Å². The first kappa shape index (κ1) is 18.8. The molecule has 0 amide bonds. The molecule has 7 heteroatoms. The number of aromatic nitrogens is 1. The number of hydrogen-bond acceptors (Lipinski definition) is 5. The van der Waals surface area contributed by atoms with E-state index < -0.39 is 11.4 Å². The number of fused-ring (bicyclic) bond motifs is 1. The molecular formula is C21H27N3O4. The zero-order chi connectivity index (χ0) is 20.0. The Morgan fingerprint density at radius 1 is 1.32 bits per heavy atom. The first-order chi connectivity index (χ1) is 13.5. The number of carbonyl (C=O) groups is 1. The number of nitrogens with zero attached hydrogens (tertiary/aromatic N) is 2. The molecule has 2 heterocycles. The minimum atomic E-state index is -1.20.